The number of fused-ring (bicyclic) bond motifs is 2. The van der Waals surface area contributed by atoms with E-state index in [0.717, 1.165) is 44.3 Å². The van der Waals surface area contributed by atoms with Crippen molar-refractivity contribution in [2.45, 2.75) is 6.54 Å². The van der Waals surface area contributed by atoms with Gasteiger partial charge in [0.1, 0.15) is 0 Å². The van der Waals surface area contributed by atoms with Crippen LogP contribution in [0.5, 0.6) is 0 Å². The van der Waals surface area contributed by atoms with Crippen molar-refractivity contribution in [2.75, 3.05) is 4.90 Å². The lowest BCUT2D eigenvalue weighted by atomic mass is 10.0. The van der Waals surface area contributed by atoms with Gasteiger partial charge in [-0.2, -0.15) is 0 Å². The van der Waals surface area contributed by atoms with Gasteiger partial charge in [0.25, 0.3) is 5.91 Å². The zero-order valence-corrected chi connectivity index (χ0v) is 20.1. The molecule has 2 aromatic carbocycles. The fraction of sp³-hybridized carbons (Fsp3) is 0.0690. The van der Waals surface area contributed by atoms with Gasteiger partial charge in [0.15, 0.2) is 0 Å². The Kier molecular flexibility index (Phi) is 5.54. The molecule has 4 heterocycles. The SMILES string of the molecule is Cn1ccc2ccc(-c3cc(N(Cc4cccnc4)c4cnccc4C(N)=O)cc4nccnc34)cc21. The Hall–Kier alpha value is -5.11. The van der Waals surface area contributed by atoms with E-state index in [2.05, 4.69) is 54.8 Å². The van der Waals surface area contributed by atoms with Crippen LogP contribution in [0, 0.1) is 0 Å². The summed E-state index contributed by atoms with van der Waals surface area (Å²) < 4.78 is 2.10. The number of hydrogen-bond acceptors (Lipinski definition) is 6. The number of rotatable bonds is 6. The summed E-state index contributed by atoms with van der Waals surface area (Å²) >= 11 is 0. The molecule has 0 aliphatic carbocycles. The second kappa shape index (κ2) is 9.16. The van der Waals surface area contributed by atoms with Gasteiger partial charge < -0.3 is 15.2 Å². The Balaban J connectivity index is 1.59. The Morgan fingerprint density at radius 3 is 2.65 bits per heavy atom. The third-order valence-corrected chi connectivity index (χ3v) is 6.49. The smallest absolute Gasteiger partial charge is 0.250 e. The topological polar surface area (TPSA) is 103 Å². The zero-order chi connectivity index (χ0) is 25.4. The third kappa shape index (κ3) is 4.14. The van der Waals surface area contributed by atoms with Crippen LogP contribution < -0.4 is 10.6 Å². The number of amides is 1. The molecule has 0 bridgehead atoms. The molecule has 8 heteroatoms. The number of primary amides is 1. The van der Waals surface area contributed by atoms with Crippen LogP contribution in [0.25, 0.3) is 33.1 Å². The maximum Gasteiger partial charge on any atom is 0.250 e. The van der Waals surface area contributed by atoms with Crippen molar-refractivity contribution in [3.63, 3.8) is 0 Å². The number of hydrogen-bond donors (Lipinski definition) is 1. The number of pyridine rings is 2. The van der Waals surface area contributed by atoms with E-state index >= 15 is 0 Å². The maximum absolute atomic E-state index is 12.4. The number of nitrogens with two attached hydrogens (primary N) is 1. The van der Waals surface area contributed by atoms with Crippen molar-refractivity contribution in [3.8, 4) is 11.1 Å². The second-order valence-electron chi connectivity index (χ2n) is 8.82. The highest BCUT2D eigenvalue weighted by atomic mass is 16.1. The highest BCUT2D eigenvalue weighted by molar-refractivity contribution is 6.01. The van der Waals surface area contributed by atoms with Crippen molar-refractivity contribution in [3.05, 3.63) is 109 Å². The minimum Gasteiger partial charge on any atom is -0.366 e. The van der Waals surface area contributed by atoms with E-state index in [4.69, 9.17) is 5.73 Å². The first kappa shape index (κ1) is 22.4. The first-order valence-electron chi connectivity index (χ1n) is 11.8. The van der Waals surface area contributed by atoms with Crippen LogP contribution in [-0.4, -0.2) is 30.4 Å². The molecule has 8 nitrogen and oxygen atoms in total. The Morgan fingerprint density at radius 1 is 0.946 bits per heavy atom. The van der Waals surface area contributed by atoms with Crippen LogP contribution in [-0.2, 0) is 13.6 Å². The number of carbonyl (C=O) groups excluding carboxylic acids is 1. The summed E-state index contributed by atoms with van der Waals surface area (Å²) in [6.07, 6.45) is 12.2. The van der Waals surface area contributed by atoms with E-state index in [0.29, 0.717) is 17.8 Å². The van der Waals surface area contributed by atoms with E-state index in [1.165, 1.54) is 0 Å². The Morgan fingerprint density at radius 2 is 1.81 bits per heavy atom. The van der Waals surface area contributed by atoms with Gasteiger partial charge in [0.05, 0.1) is 28.5 Å². The largest absolute Gasteiger partial charge is 0.366 e. The molecule has 37 heavy (non-hydrogen) atoms. The lowest BCUT2D eigenvalue weighted by Crippen LogP contribution is -2.22. The van der Waals surface area contributed by atoms with Gasteiger partial charge in [-0.3, -0.25) is 24.7 Å². The minimum atomic E-state index is -0.524. The molecule has 0 spiro atoms. The van der Waals surface area contributed by atoms with E-state index in [9.17, 15) is 4.79 Å². The third-order valence-electron chi connectivity index (χ3n) is 6.49. The lowest BCUT2D eigenvalue weighted by molar-refractivity contribution is 0.100. The van der Waals surface area contributed by atoms with Gasteiger partial charge in [-0.15, -0.1) is 0 Å². The minimum absolute atomic E-state index is 0.380. The van der Waals surface area contributed by atoms with Crippen molar-refractivity contribution >= 4 is 39.2 Å². The first-order valence-corrected chi connectivity index (χ1v) is 11.8. The zero-order valence-electron chi connectivity index (χ0n) is 20.1. The molecule has 6 aromatic rings. The van der Waals surface area contributed by atoms with E-state index in [-0.39, 0.29) is 0 Å². The van der Waals surface area contributed by atoms with Crippen LogP contribution in [0.3, 0.4) is 0 Å². The quantitative estimate of drug-likeness (QED) is 0.356. The van der Waals surface area contributed by atoms with E-state index in [1.807, 2.05) is 36.3 Å². The summed E-state index contributed by atoms with van der Waals surface area (Å²) in [6.45, 7) is 0.446. The average Bonchev–Trinajstić information content (AvgIpc) is 3.31. The summed E-state index contributed by atoms with van der Waals surface area (Å²) in [5, 5.41) is 1.16. The second-order valence-corrected chi connectivity index (χ2v) is 8.82. The van der Waals surface area contributed by atoms with Crippen LogP contribution in [0.1, 0.15) is 15.9 Å². The van der Waals surface area contributed by atoms with Gasteiger partial charge in [-0.1, -0.05) is 18.2 Å². The van der Waals surface area contributed by atoms with Gasteiger partial charge >= 0.3 is 0 Å². The van der Waals surface area contributed by atoms with E-state index in [1.54, 1.807) is 43.2 Å². The predicted molar refractivity (Wildman–Crippen MR) is 144 cm³/mol. The molecule has 0 radical (unpaired) electrons. The molecule has 6 rings (SSSR count). The van der Waals surface area contributed by atoms with Gasteiger partial charge in [-0.25, -0.2) is 0 Å². The molecule has 0 saturated carbocycles. The number of anilines is 2. The van der Waals surface area contributed by atoms with Crippen LogP contribution in [0.2, 0.25) is 0 Å². The van der Waals surface area contributed by atoms with Gasteiger partial charge in [0.2, 0.25) is 0 Å². The summed E-state index contributed by atoms with van der Waals surface area (Å²) in [5.74, 6) is -0.524. The molecule has 180 valence electrons. The maximum atomic E-state index is 12.4. The highest BCUT2D eigenvalue weighted by Crippen LogP contribution is 2.37. The molecule has 0 aliphatic rings. The summed E-state index contributed by atoms with van der Waals surface area (Å²) in [4.78, 5) is 32.3. The van der Waals surface area contributed by atoms with Crippen molar-refractivity contribution < 1.29 is 4.79 Å². The first-order chi connectivity index (χ1) is 18.1. The Labute approximate surface area is 213 Å². The number of aromatic nitrogens is 5. The molecule has 0 fully saturated rings. The van der Waals surface area contributed by atoms with Crippen molar-refractivity contribution in [1.82, 2.24) is 24.5 Å². The molecule has 0 saturated heterocycles. The number of carbonyl (C=O) groups is 1. The lowest BCUT2D eigenvalue weighted by Gasteiger charge is -2.27. The molecule has 1 amide bonds. The summed E-state index contributed by atoms with van der Waals surface area (Å²) in [5.41, 5.74) is 13.1. The standard InChI is InChI=1S/C29H23N7O/c1-35-12-7-20-4-5-21(13-26(20)35)24-14-22(15-25-28(24)34-11-10-33-25)36(18-19-3-2-8-31-16-19)27-17-32-9-6-23(27)29(30)37/h2-17H,18H2,1H3,(H2,30,37). The summed E-state index contributed by atoms with van der Waals surface area (Å²) in [6, 6.07) is 18.0. The molecule has 0 atom stereocenters. The molecule has 2 N–H and O–H groups in total. The highest BCUT2D eigenvalue weighted by Gasteiger charge is 2.20. The molecule has 0 unspecified atom stereocenters. The van der Waals surface area contributed by atoms with Crippen molar-refractivity contribution in [2.24, 2.45) is 12.8 Å². The van der Waals surface area contributed by atoms with E-state index < -0.39 is 5.91 Å². The molecular weight excluding hydrogens is 462 g/mol. The van der Waals surface area contributed by atoms with Gasteiger partial charge in [0, 0.05) is 67.5 Å². The fourth-order valence-electron chi connectivity index (χ4n) is 4.67. The molecule has 4 aromatic heterocycles. The molecule has 0 aliphatic heterocycles. The number of aryl methyl sites for hydroxylation is 1. The summed E-state index contributed by atoms with van der Waals surface area (Å²) in [7, 11) is 2.03. The monoisotopic (exact) mass is 485 g/mol. The van der Waals surface area contributed by atoms with Crippen LogP contribution >= 0.6 is 0 Å². The number of benzene rings is 2. The molecular formula is C29H23N7O. The average molecular weight is 486 g/mol. The number of nitrogens with zero attached hydrogens (tertiary/aromatic N) is 6. The van der Waals surface area contributed by atoms with Crippen molar-refractivity contribution in [1.29, 1.82) is 0 Å². The van der Waals surface area contributed by atoms with Crippen LogP contribution in [0.4, 0.5) is 11.4 Å². The van der Waals surface area contributed by atoms with Crippen LogP contribution in [0.15, 0.2) is 98.0 Å². The fourth-order valence-corrected chi connectivity index (χ4v) is 4.67. The normalized spacial score (nSPS) is 11.2. The predicted octanol–water partition coefficient (Wildman–Crippen LogP) is 5.02. The van der Waals surface area contributed by atoms with Gasteiger partial charge in [-0.05, 0) is 52.9 Å². The Bertz CT molecular complexity index is 1760.